The van der Waals surface area contributed by atoms with Gasteiger partial charge in [0.15, 0.2) is 0 Å². The number of imidazole rings is 1. The van der Waals surface area contributed by atoms with E-state index in [2.05, 4.69) is 4.98 Å². The maximum absolute atomic E-state index is 13.8. The highest BCUT2D eigenvalue weighted by atomic mass is 19.4. The first kappa shape index (κ1) is 23.5. The minimum atomic E-state index is -4.53. The van der Waals surface area contributed by atoms with Gasteiger partial charge in [-0.1, -0.05) is 0 Å². The van der Waals surface area contributed by atoms with Crippen LogP contribution < -0.4 is 10.6 Å². The molecule has 1 atom stereocenters. The summed E-state index contributed by atoms with van der Waals surface area (Å²) in [5.41, 5.74) is 7.45. The number of nitrogens with two attached hydrogens (primary N) is 1. The number of hydrogen-bond donors (Lipinski definition) is 1. The number of fused-ring (bicyclic) bond motifs is 1. The summed E-state index contributed by atoms with van der Waals surface area (Å²) in [6.07, 6.45) is -1.73. The number of amides is 1. The average molecular weight is 468 g/mol. The zero-order chi connectivity index (χ0) is 24.1. The highest BCUT2D eigenvalue weighted by Gasteiger charge is 2.42. The number of carbonyl (C=O) groups excluding carboxylic acids is 1. The molecule has 2 N–H and O–H groups in total. The highest BCUT2D eigenvalue weighted by Crippen LogP contribution is 2.45. The maximum Gasteiger partial charge on any atom is 0.449 e. The Kier molecular flexibility index (Phi) is 5.90. The lowest BCUT2D eigenvalue weighted by Crippen LogP contribution is -2.43. The minimum Gasteiger partial charge on any atom is -0.444 e. The summed E-state index contributed by atoms with van der Waals surface area (Å²) in [6.45, 7) is 7.20. The van der Waals surface area contributed by atoms with Crippen molar-refractivity contribution >= 4 is 28.5 Å². The first-order valence-electron chi connectivity index (χ1n) is 11.4. The van der Waals surface area contributed by atoms with Crippen molar-refractivity contribution in [2.45, 2.75) is 64.3 Å². The molecule has 1 aliphatic carbocycles. The molecule has 2 heterocycles. The second-order valence-electron chi connectivity index (χ2n) is 10.2. The van der Waals surface area contributed by atoms with Gasteiger partial charge < -0.3 is 24.8 Å². The van der Waals surface area contributed by atoms with E-state index in [4.69, 9.17) is 10.5 Å². The van der Waals surface area contributed by atoms with E-state index < -0.39 is 17.6 Å². The van der Waals surface area contributed by atoms with Crippen molar-refractivity contribution < 1.29 is 22.7 Å². The van der Waals surface area contributed by atoms with Gasteiger partial charge in [-0.25, -0.2) is 9.78 Å². The molecule has 1 saturated heterocycles. The molecule has 182 valence electrons. The van der Waals surface area contributed by atoms with Gasteiger partial charge in [0.2, 0.25) is 5.82 Å². The Morgan fingerprint density at radius 1 is 1.24 bits per heavy atom. The number of hydrogen-bond acceptors (Lipinski definition) is 5. The van der Waals surface area contributed by atoms with Crippen molar-refractivity contribution in [3.63, 3.8) is 0 Å². The first-order chi connectivity index (χ1) is 15.3. The largest absolute Gasteiger partial charge is 0.449 e. The third kappa shape index (κ3) is 4.99. The summed E-state index contributed by atoms with van der Waals surface area (Å²) in [4.78, 5) is 20.0. The van der Waals surface area contributed by atoms with Crippen LogP contribution in [0.1, 0.15) is 58.3 Å². The molecule has 4 rings (SSSR count). The summed E-state index contributed by atoms with van der Waals surface area (Å²) >= 11 is 0. The first-order valence-corrected chi connectivity index (χ1v) is 11.4. The van der Waals surface area contributed by atoms with Crippen LogP contribution >= 0.6 is 0 Å². The number of benzene rings is 1. The zero-order valence-corrected chi connectivity index (χ0v) is 19.6. The summed E-state index contributed by atoms with van der Waals surface area (Å²) in [7, 11) is 1.70. The predicted molar refractivity (Wildman–Crippen MR) is 121 cm³/mol. The molecule has 0 radical (unpaired) electrons. The number of rotatable bonds is 4. The Morgan fingerprint density at radius 2 is 1.94 bits per heavy atom. The molecule has 1 amide bonds. The lowest BCUT2D eigenvalue weighted by molar-refractivity contribution is -0.147. The summed E-state index contributed by atoms with van der Waals surface area (Å²) in [5.74, 6) is -0.719. The molecule has 0 unspecified atom stereocenters. The standard InChI is InChI=1S/C23H32F3N5O2/c1-22(2,3)33-21(32)29(4)12-14-6-5-11-30(13-14)19-16(27)9-10-17-18(19)28-20(23(24,25)26)31(17)15-7-8-15/h9-10,14-15H,5-8,11-13,27H2,1-4H3/t14-/m0/s1. The zero-order valence-electron chi connectivity index (χ0n) is 19.6. The van der Waals surface area contributed by atoms with Crippen LogP contribution in [0.3, 0.4) is 0 Å². The van der Waals surface area contributed by atoms with E-state index >= 15 is 0 Å². The fraction of sp³-hybridized carbons (Fsp3) is 0.652. The number of halogens is 3. The number of anilines is 2. The molecule has 1 aliphatic heterocycles. The lowest BCUT2D eigenvalue weighted by Gasteiger charge is -2.37. The van der Waals surface area contributed by atoms with E-state index in [-0.39, 0.29) is 18.1 Å². The van der Waals surface area contributed by atoms with Gasteiger partial charge in [0.05, 0.1) is 16.9 Å². The fourth-order valence-corrected chi connectivity index (χ4v) is 4.62. The number of alkyl halides is 3. The van der Waals surface area contributed by atoms with Crippen molar-refractivity contribution in [2.75, 3.05) is 37.3 Å². The molecule has 1 aromatic carbocycles. The van der Waals surface area contributed by atoms with Crippen LogP contribution in [0.4, 0.5) is 29.3 Å². The molecule has 1 aromatic heterocycles. The van der Waals surface area contributed by atoms with E-state index in [0.29, 0.717) is 42.0 Å². The second kappa shape index (κ2) is 8.29. The van der Waals surface area contributed by atoms with Crippen molar-refractivity contribution in [1.29, 1.82) is 0 Å². The number of nitrogen functional groups attached to an aromatic ring is 1. The van der Waals surface area contributed by atoms with Crippen LogP contribution in [0.15, 0.2) is 12.1 Å². The topological polar surface area (TPSA) is 76.6 Å². The van der Waals surface area contributed by atoms with Gasteiger partial charge in [-0.3, -0.25) is 0 Å². The molecule has 7 nitrogen and oxygen atoms in total. The summed E-state index contributed by atoms with van der Waals surface area (Å²) in [5, 5.41) is 0. The van der Waals surface area contributed by atoms with Crippen LogP contribution in [0.25, 0.3) is 11.0 Å². The second-order valence-corrected chi connectivity index (χ2v) is 10.2. The summed E-state index contributed by atoms with van der Waals surface area (Å²) < 4.78 is 48.1. The Balaban J connectivity index is 1.61. The highest BCUT2D eigenvalue weighted by molar-refractivity contribution is 5.96. The van der Waals surface area contributed by atoms with Gasteiger partial charge in [0.1, 0.15) is 11.1 Å². The van der Waals surface area contributed by atoms with E-state index in [1.807, 2.05) is 25.7 Å². The third-order valence-electron chi connectivity index (χ3n) is 6.10. The van der Waals surface area contributed by atoms with Crippen LogP contribution in [0.5, 0.6) is 0 Å². The predicted octanol–water partition coefficient (Wildman–Crippen LogP) is 5.06. The SMILES string of the molecule is CN(C[C@@H]1CCCN(c2c(N)ccc3c2nc(C(F)(F)F)n3C2CC2)C1)C(=O)OC(C)(C)C. The van der Waals surface area contributed by atoms with Gasteiger partial charge in [0, 0.05) is 32.7 Å². The molecule has 1 saturated carbocycles. The minimum absolute atomic E-state index is 0.138. The Morgan fingerprint density at radius 3 is 2.55 bits per heavy atom. The molecule has 10 heteroatoms. The van der Waals surface area contributed by atoms with E-state index in [1.54, 1.807) is 24.1 Å². The number of carbonyl (C=O) groups is 1. The Bertz CT molecular complexity index is 1040. The van der Waals surface area contributed by atoms with Gasteiger partial charge in [-0.05, 0) is 64.5 Å². The van der Waals surface area contributed by atoms with E-state index in [9.17, 15) is 18.0 Å². The average Bonchev–Trinajstić information content (AvgIpc) is 3.45. The molecule has 2 fully saturated rings. The molecule has 33 heavy (non-hydrogen) atoms. The van der Waals surface area contributed by atoms with Crippen LogP contribution in [0, 0.1) is 5.92 Å². The van der Waals surface area contributed by atoms with Crippen LogP contribution in [-0.4, -0.2) is 52.8 Å². The molecule has 0 bridgehead atoms. The molecule has 2 aliphatic rings. The number of ether oxygens (including phenoxy) is 1. The van der Waals surface area contributed by atoms with Crippen LogP contribution in [-0.2, 0) is 10.9 Å². The van der Waals surface area contributed by atoms with Gasteiger partial charge in [-0.15, -0.1) is 0 Å². The molecular weight excluding hydrogens is 435 g/mol. The monoisotopic (exact) mass is 467 g/mol. The lowest BCUT2D eigenvalue weighted by atomic mass is 9.96. The van der Waals surface area contributed by atoms with Gasteiger partial charge >= 0.3 is 12.3 Å². The van der Waals surface area contributed by atoms with Gasteiger partial charge in [0.25, 0.3) is 0 Å². The number of aromatic nitrogens is 2. The van der Waals surface area contributed by atoms with Gasteiger partial charge in [-0.2, -0.15) is 13.2 Å². The fourth-order valence-electron chi connectivity index (χ4n) is 4.62. The van der Waals surface area contributed by atoms with Crippen molar-refractivity contribution in [1.82, 2.24) is 14.5 Å². The van der Waals surface area contributed by atoms with Crippen molar-refractivity contribution in [3.8, 4) is 0 Å². The van der Waals surface area contributed by atoms with Crippen molar-refractivity contribution in [3.05, 3.63) is 18.0 Å². The third-order valence-corrected chi connectivity index (χ3v) is 6.10. The summed E-state index contributed by atoms with van der Waals surface area (Å²) in [6, 6.07) is 3.15. The maximum atomic E-state index is 13.8. The smallest absolute Gasteiger partial charge is 0.444 e. The normalized spacial score (nSPS) is 19.7. The van der Waals surface area contributed by atoms with Crippen molar-refractivity contribution in [2.24, 2.45) is 5.92 Å². The van der Waals surface area contributed by atoms with Crippen LogP contribution in [0.2, 0.25) is 0 Å². The molecular formula is C23H32F3N5O2. The number of nitrogens with zero attached hydrogens (tertiary/aromatic N) is 4. The quantitative estimate of drug-likeness (QED) is 0.637. The Labute approximate surface area is 191 Å². The molecule has 0 spiro atoms. The Hall–Kier alpha value is -2.65. The van der Waals surface area contributed by atoms with E-state index in [1.165, 1.54) is 4.57 Å². The van der Waals surface area contributed by atoms with E-state index in [0.717, 1.165) is 25.7 Å². The molecule has 2 aromatic rings. The number of piperidine rings is 1.